The van der Waals surface area contributed by atoms with Crippen LogP contribution in [0.5, 0.6) is 0 Å². The summed E-state index contributed by atoms with van der Waals surface area (Å²) in [6, 6.07) is 12.5. The minimum atomic E-state index is -0.574. The van der Waals surface area contributed by atoms with Crippen molar-refractivity contribution in [3.8, 4) is 17.1 Å². The van der Waals surface area contributed by atoms with E-state index in [2.05, 4.69) is 19.9 Å². The molecule has 0 bridgehead atoms. The lowest BCUT2D eigenvalue weighted by atomic mass is 10.2. The molecule has 27 heavy (non-hydrogen) atoms. The van der Waals surface area contributed by atoms with Gasteiger partial charge in [-0.05, 0) is 43.3 Å². The number of hydrogen-bond donors (Lipinski definition) is 1. The molecular formula is C19H12FN5OS. The molecule has 1 N–H and O–H groups in total. The van der Waals surface area contributed by atoms with Crippen LogP contribution in [0.1, 0.15) is 5.69 Å². The van der Waals surface area contributed by atoms with Crippen molar-refractivity contribution in [1.82, 2.24) is 24.5 Å². The van der Waals surface area contributed by atoms with Gasteiger partial charge in [-0.2, -0.15) is 4.39 Å². The van der Waals surface area contributed by atoms with Gasteiger partial charge in [0.2, 0.25) is 5.95 Å². The van der Waals surface area contributed by atoms with Crippen LogP contribution in [0, 0.1) is 12.9 Å². The summed E-state index contributed by atoms with van der Waals surface area (Å²) in [5, 5.41) is 0. The normalized spacial score (nSPS) is 11.5. The van der Waals surface area contributed by atoms with Gasteiger partial charge < -0.3 is 4.98 Å². The summed E-state index contributed by atoms with van der Waals surface area (Å²) >= 11 is 1.14. The standard InChI is InChI=1S/C19H12FN5OS/c1-10-2-4-14-18(22-10)25(17(23-14)11-6-7-21-16(20)8-11)12-3-5-13-15(9-12)27-19(26)24-13/h2-9H,1H3,(H,24,26). The van der Waals surface area contributed by atoms with E-state index in [9.17, 15) is 9.18 Å². The average molecular weight is 377 g/mol. The number of H-pyrrole nitrogens is 1. The third kappa shape index (κ3) is 2.61. The third-order valence-corrected chi connectivity index (χ3v) is 5.14. The molecule has 0 unspecified atom stereocenters. The van der Waals surface area contributed by atoms with Crippen molar-refractivity contribution in [3.63, 3.8) is 0 Å². The monoisotopic (exact) mass is 377 g/mol. The summed E-state index contributed by atoms with van der Waals surface area (Å²) in [7, 11) is 0. The van der Waals surface area contributed by atoms with Gasteiger partial charge in [0.15, 0.2) is 5.65 Å². The number of benzene rings is 1. The molecule has 0 radical (unpaired) electrons. The number of hydrogen-bond acceptors (Lipinski definition) is 5. The zero-order valence-corrected chi connectivity index (χ0v) is 14.9. The van der Waals surface area contributed by atoms with Crippen molar-refractivity contribution < 1.29 is 4.39 Å². The Balaban J connectivity index is 1.86. The second kappa shape index (κ2) is 5.82. The first-order valence-electron chi connectivity index (χ1n) is 8.20. The lowest BCUT2D eigenvalue weighted by molar-refractivity contribution is 0.584. The molecule has 0 aliphatic heterocycles. The number of aromatic nitrogens is 5. The SMILES string of the molecule is Cc1ccc2nc(-c3ccnc(F)c3)n(-c3ccc4[nH]c(=O)sc4c3)c2n1. The van der Waals surface area contributed by atoms with E-state index in [1.54, 1.807) is 6.07 Å². The number of nitrogens with one attached hydrogen (secondary N) is 1. The van der Waals surface area contributed by atoms with Gasteiger partial charge >= 0.3 is 4.87 Å². The summed E-state index contributed by atoms with van der Waals surface area (Å²) in [6.45, 7) is 1.91. The van der Waals surface area contributed by atoms with Crippen molar-refractivity contribution in [2.75, 3.05) is 0 Å². The number of imidazole rings is 1. The highest BCUT2D eigenvalue weighted by Crippen LogP contribution is 2.29. The lowest BCUT2D eigenvalue weighted by Crippen LogP contribution is -1.99. The molecule has 0 spiro atoms. The number of nitrogens with zero attached hydrogens (tertiary/aromatic N) is 4. The molecule has 0 aliphatic carbocycles. The Morgan fingerprint density at radius 1 is 1.11 bits per heavy atom. The van der Waals surface area contributed by atoms with Gasteiger partial charge in [-0.3, -0.25) is 9.36 Å². The lowest BCUT2D eigenvalue weighted by Gasteiger charge is -2.09. The third-order valence-electron chi connectivity index (χ3n) is 4.29. The van der Waals surface area contributed by atoms with Gasteiger partial charge in [-0.1, -0.05) is 11.3 Å². The van der Waals surface area contributed by atoms with Crippen molar-refractivity contribution >= 4 is 32.7 Å². The molecule has 0 aliphatic rings. The summed E-state index contributed by atoms with van der Waals surface area (Å²) in [5.41, 5.74) is 4.40. The quantitative estimate of drug-likeness (QED) is 0.474. The largest absolute Gasteiger partial charge is 0.312 e. The Morgan fingerprint density at radius 3 is 2.85 bits per heavy atom. The molecule has 1 aromatic carbocycles. The molecule has 4 heterocycles. The Labute approximate surface area is 156 Å². The first-order valence-corrected chi connectivity index (χ1v) is 9.01. The van der Waals surface area contributed by atoms with Crippen molar-refractivity contribution in [3.05, 3.63) is 70.0 Å². The minimum Gasteiger partial charge on any atom is -0.312 e. The zero-order valence-electron chi connectivity index (χ0n) is 14.1. The van der Waals surface area contributed by atoms with Crippen molar-refractivity contribution in [2.24, 2.45) is 0 Å². The van der Waals surface area contributed by atoms with E-state index in [0.29, 0.717) is 22.6 Å². The summed E-state index contributed by atoms with van der Waals surface area (Å²) in [4.78, 5) is 27.3. The van der Waals surface area contributed by atoms with Crippen LogP contribution in [0.4, 0.5) is 4.39 Å². The van der Waals surface area contributed by atoms with Gasteiger partial charge in [-0.25, -0.2) is 15.0 Å². The highest BCUT2D eigenvalue weighted by Gasteiger charge is 2.17. The fourth-order valence-electron chi connectivity index (χ4n) is 3.10. The topological polar surface area (TPSA) is 76.5 Å². The molecule has 5 aromatic rings. The summed E-state index contributed by atoms with van der Waals surface area (Å²) in [6.07, 6.45) is 1.41. The van der Waals surface area contributed by atoms with Crippen LogP contribution in [-0.2, 0) is 0 Å². The second-order valence-corrected chi connectivity index (χ2v) is 7.14. The Kier molecular flexibility index (Phi) is 3.41. The first kappa shape index (κ1) is 15.8. The van der Waals surface area contributed by atoms with Crippen molar-refractivity contribution in [2.45, 2.75) is 6.92 Å². The fraction of sp³-hybridized carbons (Fsp3) is 0.0526. The van der Waals surface area contributed by atoms with E-state index in [-0.39, 0.29) is 4.87 Å². The van der Waals surface area contributed by atoms with Crippen molar-refractivity contribution in [1.29, 1.82) is 0 Å². The highest BCUT2D eigenvalue weighted by atomic mass is 32.1. The molecule has 132 valence electrons. The van der Waals surface area contributed by atoms with Crippen LogP contribution in [0.25, 0.3) is 38.5 Å². The van der Waals surface area contributed by atoms with Crippen LogP contribution in [0.3, 0.4) is 0 Å². The van der Waals surface area contributed by atoms with E-state index in [4.69, 9.17) is 0 Å². The van der Waals surface area contributed by atoms with Crippen LogP contribution in [0.15, 0.2) is 53.5 Å². The number of halogens is 1. The number of pyridine rings is 2. The van der Waals surface area contributed by atoms with Crippen LogP contribution >= 0.6 is 11.3 Å². The number of aromatic amines is 1. The van der Waals surface area contributed by atoms with E-state index in [1.807, 2.05) is 41.8 Å². The molecule has 0 saturated heterocycles. The molecule has 0 atom stereocenters. The Hall–Kier alpha value is -3.39. The molecule has 4 aromatic heterocycles. The molecule has 6 nitrogen and oxygen atoms in total. The Morgan fingerprint density at radius 2 is 2.00 bits per heavy atom. The number of fused-ring (bicyclic) bond motifs is 2. The second-order valence-electron chi connectivity index (χ2n) is 6.13. The molecule has 8 heteroatoms. The highest BCUT2D eigenvalue weighted by molar-refractivity contribution is 7.16. The van der Waals surface area contributed by atoms with Gasteiger partial charge in [0, 0.05) is 23.5 Å². The fourth-order valence-corrected chi connectivity index (χ4v) is 3.87. The van der Waals surface area contributed by atoms with Gasteiger partial charge in [0.25, 0.3) is 0 Å². The number of rotatable bonds is 2. The molecule has 0 fully saturated rings. The van der Waals surface area contributed by atoms with E-state index >= 15 is 0 Å². The molecular weight excluding hydrogens is 365 g/mol. The van der Waals surface area contributed by atoms with Gasteiger partial charge in [-0.15, -0.1) is 0 Å². The molecule has 0 amide bonds. The predicted octanol–water partition coefficient (Wildman–Crippen LogP) is 3.83. The van der Waals surface area contributed by atoms with Gasteiger partial charge in [0.05, 0.1) is 15.9 Å². The first-order chi connectivity index (χ1) is 13.1. The summed E-state index contributed by atoms with van der Waals surface area (Å²) < 4.78 is 16.4. The summed E-state index contributed by atoms with van der Waals surface area (Å²) in [5.74, 6) is -0.0128. The maximum absolute atomic E-state index is 13.7. The number of aryl methyl sites for hydroxylation is 1. The zero-order chi connectivity index (χ0) is 18.5. The molecule has 5 rings (SSSR count). The predicted molar refractivity (Wildman–Crippen MR) is 103 cm³/mol. The van der Waals surface area contributed by atoms with Crippen LogP contribution in [-0.4, -0.2) is 24.5 Å². The smallest absolute Gasteiger partial charge is 0.305 e. The maximum Gasteiger partial charge on any atom is 0.305 e. The van der Waals surface area contributed by atoms with E-state index in [1.165, 1.54) is 12.3 Å². The van der Waals surface area contributed by atoms with Gasteiger partial charge in [0.1, 0.15) is 11.3 Å². The maximum atomic E-state index is 13.7. The average Bonchev–Trinajstić information content (AvgIpc) is 3.20. The van der Waals surface area contributed by atoms with Crippen LogP contribution < -0.4 is 4.87 Å². The number of thiazole rings is 1. The van der Waals surface area contributed by atoms with E-state index in [0.717, 1.165) is 32.9 Å². The Bertz CT molecular complexity index is 1380. The molecule has 0 saturated carbocycles. The van der Waals surface area contributed by atoms with Crippen LogP contribution in [0.2, 0.25) is 0 Å². The van der Waals surface area contributed by atoms with E-state index < -0.39 is 5.95 Å². The minimum absolute atomic E-state index is 0.108.